The van der Waals surface area contributed by atoms with Crippen molar-refractivity contribution in [1.29, 1.82) is 5.26 Å². The van der Waals surface area contributed by atoms with E-state index < -0.39 is 0 Å². The SMILES string of the molecule is N#Cc1nccn1-c1cnccn1. The highest BCUT2D eigenvalue weighted by atomic mass is 15.1. The molecule has 0 aliphatic rings. The number of aromatic nitrogens is 4. The van der Waals surface area contributed by atoms with E-state index in [1.54, 1.807) is 35.6 Å². The molecule has 0 amide bonds. The molecule has 2 aromatic heterocycles. The summed E-state index contributed by atoms with van der Waals surface area (Å²) in [6.07, 6.45) is 7.93. The van der Waals surface area contributed by atoms with Crippen LogP contribution in [-0.2, 0) is 0 Å². The number of nitrogens with zero attached hydrogens (tertiary/aromatic N) is 5. The average Bonchev–Trinajstić information content (AvgIpc) is 2.67. The molecule has 0 N–H and O–H groups in total. The Bertz CT molecular complexity index is 439. The van der Waals surface area contributed by atoms with Crippen molar-refractivity contribution in [1.82, 2.24) is 19.5 Å². The van der Waals surface area contributed by atoms with Crippen LogP contribution in [-0.4, -0.2) is 19.5 Å². The van der Waals surface area contributed by atoms with E-state index in [1.807, 2.05) is 6.07 Å². The first kappa shape index (κ1) is 7.43. The van der Waals surface area contributed by atoms with Gasteiger partial charge in [0.1, 0.15) is 6.07 Å². The van der Waals surface area contributed by atoms with Gasteiger partial charge in [0.2, 0.25) is 5.82 Å². The Kier molecular flexibility index (Phi) is 1.73. The Labute approximate surface area is 74.3 Å². The predicted octanol–water partition coefficient (Wildman–Crippen LogP) is 0.534. The molecule has 5 nitrogen and oxygen atoms in total. The molecule has 13 heavy (non-hydrogen) atoms. The molecule has 2 rings (SSSR count). The summed E-state index contributed by atoms with van der Waals surface area (Å²) in [5.74, 6) is 0.900. The second-order valence-corrected chi connectivity index (χ2v) is 2.30. The van der Waals surface area contributed by atoms with Gasteiger partial charge in [-0.1, -0.05) is 0 Å². The van der Waals surface area contributed by atoms with Crippen LogP contribution in [0.25, 0.3) is 5.82 Å². The van der Waals surface area contributed by atoms with Gasteiger partial charge >= 0.3 is 0 Å². The molecule has 2 heterocycles. The molecule has 0 unspecified atom stereocenters. The zero-order valence-corrected chi connectivity index (χ0v) is 6.62. The summed E-state index contributed by atoms with van der Waals surface area (Å²) in [4.78, 5) is 11.8. The average molecular weight is 171 g/mol. The standard InChI is InChI=1S/C8H5N5/c9-5-7-12-3-4-13(7)8-6-10-1-2-11-8/h1-4,6H. The van der Waals surface area contributed by atoms with E-state index in [0.29, 0.717) is 11.6 Å². The van der Waals surface area contributed by atoms with E-state index >= 15 is 0 Å². The second-order valence-electron chi connectivity index (χ2n) is 2.30. The van der Waals surface area contributed by atoms with Gasteiger partial charge in [0.25, 0.3) is 0 Å². The lowest BCUT2D eigenvalue weighted by molar-refractivity contribution is 0.949. The summed E-state index contributed by atoms with van der Waals surface area (Å²) in [5, 5.41) is 8.69. The number of imidazole rings is 1. The van der Waals surface area contributed by atoms with Crippen LogP contribution in [0.15, 0.2) is 31.0 Å². The van der Waals surface area contributed by atoms with E-state index in [0.717, 1.165) is 0 Å². The van der Waals surface area contributed by atoms with Crippen LogP contribution in [0.4, 0.5) is 0 Å². The third kappa shape index (κ3) is 1.25. The lowest BCUT2D eigenvalue weighted by atomic mass is 10.6. The minimum absolute atomic E-state index is 0.306. The van der Waals surface area contributed by atoms with Gasteiger partial charge < -0.3 is 0 Å². The van der Waals surface area contributed by atoms with Crippen LogP contribution in [0.5, 0.6) is 0 Å². The Morgan fingerprint density at radius 3 is 2.85 bits per heavy atom. The first-order valence-corrected chi connectivity index (χ1v) is 3.61. The molecular weight excluding hydrogens is 166 g/mol. The van der Waals surface area contributed by atoms with Gasteiger partial charge in [-0.15, -0.1) is 0 Å². The summed E-state index contributed by atoms with van der Waals surface area (Å²) < 4.78 is 1.58. The molecule has 5 heteroatoms. The minimum Gasteiger partial charge on any atom is -0.274 e. The summed E-state index contributed by atoms with van der Waals surface area (Å²) in [6.45, 7) is 0. The van der Waals surface area contributed by atoms with Crippen molar-refractivity contribution in [3.05, 3.63) is 36.8 Å². The van der Waals surface area contributed by atoms with Crippen LogP contribution in [0, 0.1) is 11.3 Å². The zero-order chi connectivity index (χ0) is 9.10. The van der Waals surface area contributed by atoms with Crippen molar-refractivity contribution < 1.29 is 0 Å². The fourth-order valence-corrected chi connectivity index (χ4v) is 0.987. The van der Waals surface area contributed by atoms with Crippen molar-refractivity contribution in [2.75, 3.05) is 0 Å². The van der Waals surface area contributed by atoms with Gasteiger partial charge in [-0.25, -0.2) is 9.97 Å². The summed E-state index contributed by atoms with van der Waals surface area (Å²) >= 11 is 0. The van der Waals surface area contributed by atoms with Gasteiger partial charge in [0.05, 0.1) is 6.20 Å². The zero-order valence-electron chi connectivity index (χ0n) is 6.62. The van der Waals surface area contributed by atoms with Crippen molar-refractivity contribution in [2.45, 2.75) is 0 Å². The van der Waals surface area contributed by atoms with Gasteiger partial charge in [-0.2, -0.15) is 5.26 Å². The largest absolute Gasteiger partial charge is 0.274 e. The van der Waals surface area contributed by atoms with Gasteiger partial charge in [0, 0.05) is 24.8 Å². The third-order valence-electron chi connectivity index (χ3n) is 1.54. The number of rotatable bonds is 1. The molecule has 62 valence electrons. The van der Waals surface area contributed by atoms with Crippen molar-refractivity contribution in [3.63, 3.8) is 0 Å². The van der Waals surface area contributed by atoms with Crippen LogP contribution < -0.4 is 0 Å². The highest BCUT2D eigenvalue weighted by molar-refractivity contribution is 5.26. The van der Waals surface area contributed by atoms with Crippen molar-refractivity contribution in [3.8, 4) is 11.9 Å². The quantitative estimate of drug-likeness (QED) is 0.627. The Balaban J connectivity index is 2.54. The lowest BCUT2D eigenvalue weighted by Crippen LogP contribution is -1.99. The number of hydrogen-bond acceptors (Lipinski definition) is 4. The predicted molar refractivity (Wildman–Crippen MR) is 43.9 cm³/mol. The molecule has 0 saturated heterocycles. The lowest BCUT2D eigenvalue weighted by Gasteiger charge is -1.99. The Morgan fingerprint density at radius 2 is 2.15 bits per heavy atom. The molecule has 2 aromatic rings. The normalized spacial score (nSPS) is 9.46. The third-order valence-corrected chi connectivity index (χ3v) is 1.54. The molecule has 0 aliphatic carbocycles. The molecular formula is C8H5N5. The van der Waals surface area contributed by atoms with Crippen molar-refractivity contribution >= 4 is 0 Å². The van der Waals surface area contributed by atoms with Gasteiger partial charge in [0.15, 0.2) is 5.82 Å². The molecule has 0 atom stereocenters. The summed E-state index contributed by atoms with van der Waals surface area (Å²) in [6, 6.07) is 1.96. The van der Waals surface area contributed by atoms with Gasteiger partial charge in [-0.3, -0.25) is 9.55 Å². The topological polar surface area (TPSA) is 67.4 Å². The van der Waals surface area contributed by atoms with Crippen molar-refractivity contribution in [2.24, 2.45) is 0 Å². The molecule has 0 aromatic carbocycles. The Hall–Kier alpha value is -2.22. The van der Waals surface area contributed by atoms with E-state index in [9.17, 15) is 0 Å². The molecule has 0 fully saturated rings. The number of nitriles is 1. The first-order chi connectivity index (χ1) is 6.42. The summed E-state index contributed by atoms with van der Waals surface area (Å²) in [5.41, 5.74) is 0. The smallest absolute Gasteiger partial charge is 0.218 e. The van der Waals surface area contributed by atoms with Gasteiger partial charge in [-0.05, 0) is 0 Å². The molecule has 0 aliphatic heterocycles. The first-order valence-electron chi connectivity index (χ1n) is 3.61. The maximum atomic E-state index is 8.69. The van der Waals surface area contributed by atoms with E-state index in [1.165, 1.54) is 0 Å². The fourth-order valence-electron chi connectivity index (χ4n) is 0.987. The maximum absolute atomic E-state index is 8.69. The minimum atomic E-state index is 0.306. The monoisotopic (exact) mass is 171 g/mol. The fraction of sp³-hybridized carbons (Fsp3) is 0. The van der Waals surface area contributed by atoms with E-state index in [-0.39, 0.29) is 0 Å². The highest BCUT2D eigenvalue weighted by Crippen LogP contribution is 2.03. The van der Waals surface area contributed by atoms with Crippen LogP contribution >= 0.6 is 0 Å². The van der Waals surface area contributed by atoms with Crippen LogP contribution in [0.2, 0.25) is 0 Å². The van der Waals surface area contributed by atoms with E-state index in [4.69, 9.17) is 5.26 Å². The molecule has 0 bridgehead atoms. The number of hydrogen-bond donors (Lipinski definition) is 0. The second kappa shape index (κ2) is 3.03. The highest BCUT2D eigenvalue weighted by Gasteiger charge is 2.03. The summed E-state index contributed by atoms with van der Waals surface area (Å²) in [7, 11) is 0. The van der Waals surface area contributed by atoms with Crippen LogP contribution in [0.3, 0.4) is 0 Å². The molecule has 0 spiro atoms. The molecule has 0 radical (unpaired) electrons. The van der Waals surface area contributed by atoms with Crippen LogP contribution in [0.1, 0.15) is 5.82 Å². The Morgan fingerprint density at radius 1 is 1.23 bits per heavy atom. The maximum Gasteiger partial charge on any atom is 0.218 e. The van der Waals surface area contributed by atoms with E-state index in [2.05, 4.69) is 15.0 Å². The molecule has 0 saturated carbocycles.